The van der Waals surface area contributed by atoms with E-state index in [1.165, 1.54) is 5.19 Å². The average Bonchev–Trinajstić information content (AvgIpc) is 3.61. The van der Waals surface area contributed by atoms with Crippen molar-refractivity contribution in [1.29, 1.82) is 0 Å². The summed E-state index contributed by atoms with van der Waals surface area (Å²) in [5, 5.41) is 14.3. The van der Waals surface area contributed by atoms with Crippen LogP contribution >= 0.6 is 15.9 Å². The van der Waals surface area contributed by atoms with Gasteiger partial charge in [0.05, 0.1) is 53.1 Å². The van der Waals surface area contributed by atoms with Gasteiger partial charge in [-0.1, -0.05) is 95.7 Å². The van der Waals surface area contributed by atoms with Gasteiger partial charge in [0.2, 0.25) is 11.8 Å². The number of amides is 3. The maximum absolute atomic E-state index is 15.3. The zero-order chi connectivity index (χ0) is 38.9. The van der Waals surface area contributed by atoms with Crippen molar-refractivity contribution in [1.82, 2.24) is 10.2 Å². The molecule has 2 fully saturated rings. The molecule has 0 radical (unpaired) electrons. The van der Waals surface area contributed by atoms with Gasteiger partial charge in [-0.05, 0) is 59.1 Å². The molecule has 3 aliphatic heterocycles. The number of piperazine rings is 1. The largest absolute Gasteiger partial charge is 0.497 e. The van der Waals surface area contributed by atoms with Crippen LogP contribution in [0.2, 0.25) is 18.6 Å². The lowest BCUT2D eigenvalue weighted by atomic mass is 9.82. The Morgan fingerprint density at radius 1 is 1.02 bits per heavy atom. The van der Waals surface area contributed by atoms with E-state index in [1.54, 1.807) is 16.9 Å². The van der Waals surface area contributed by atoms with E-state index in [2.05, 4.69) is 53.4 Å². The molecular weight excluding hydrogens is 776 g/mol. The maximum Gasteiger partial charge on any atom is 0.264 e. The van der Waals surface area contributed by atoms with Crippen molar-refractivity contribution in [3.63, 3.8) is 0 Å². The first kappa shape index (κ1) is 38.9. The fourth-order valence-electron chi connectivity index (χ4n) is 9.00. The van der Waals surface area contributed by atoms with Crippen LogP contribution in [0.3, 0.4) is 0 Å². The van der Waals surface area contributed by atoms with Gasteiger partial charge in [0.1, 0.15) is 5.75 Å². The molecule has 288 valence electrons. The molecule has 0 aliphatic carbocycles. The highest BCUT2D eigenvalue weighted by molar-refractivity contribution is 9.10. The number of ether oxygens (including phenoxy) is 2. The Labute approximate surface area is 332 Å². The number of anilines is 2. The number of halogens is 1. The van der Waals surface area contributed by atoms with Gasteiger partial charge in [0.15, 0.2) is 5.60 Å². The highest BCUT2D eigenvalue weighted by atomic mass is 79.9. The molecule has 4 aromatic rings. The third-order valence-corrected chi connectivity index (χ3v) is 16.6. The lowest BCUT2D eigenvalue weighted by molar-refractivity contribution is -0.150. The maximum atomic E-state index is 15.3. The van der Waals surface area contributed by atoms with Gasteiger partial charge < -0.3 is 34.6 Å². The van der Waals surface area contributed by atoms with Crippen LogP contribution in [0.15, 0.2) is 102 Å². The third kappa shape index (κ3) is 7.38. The molecule has 3 amide bonds. The minimum Gasteiger partial charge on any atom is -0.497 e. The van der Waals surface area contributed by atoms with Gasteiger partial charge >= 0.3 is 0 Å². The van der Waals surface area contributed by atoms with Crippen molar-refractivity contribution in [2.24, 2.45) is 5.92 Å². The van der Waals surface area contributed by atoms with Gasteiger partial charge in [0, 0.05) is 47.8 Å². The van der Waals surface area contributed by atoms with Crippen LogP contribution in [0.4, 0.5) is 11.4 Å². The first-order chi connectivity index (χ1) is 26.5. The fourth-order valence-corrected chi connectivity index (χ4v) is 13.4. The SMILES string of the molecule is COc1ccc([Si](C)(C)[C@H]2[C@H](CC(=O)N(CCO)Cc3ccccc3)O[C@@]3(C(=O)N(Cc4ccc(N5CCNCC5=O)cc4)c4ccc(Br)cc43)[C@@H]2C)cc1. The molecule has 10 nitrogen and oxygen atoms in total. The van der Waals surface area contributed by atoms with Crippen molar-refractivity contribution in [2.45, 2.75) is 56.8 Å². The minimum absolute atomic E-state index is 0.0331. The lowest BCUT2D eigenvalue weighted by Gasteiger charge is -2.37. The van der Waals surface area contributed by atoms with E-state index in [4.69, 9.17) is 9.47 Å². The predicted molar refractivity (Wildman–Crippen MR) is 220 cm³/mol. The molecule has 0 aromatic heterocycles. The van der Waals surface area contributed by atoms with E-state index in [-0.39, 0.29) is 48.8 Å². The monoisotopic (exact) mass is 824 g/mol. The number of carbonyl (C=O) groups excluding carboxylic acids is 3. The molecule has 4 atom stereocenters. The Balaban J connectivity index is 1.25. The van der Waals surface area contributed by atoms with Crippen LogP contribution in [-0.4, -0.2) is 81.8 Å². The summed E-state index contributed by atoms with van der Waals surface area (Å²) in [6, 6.07) is 31.7. The Bertz CT molecular complexity index is 2030. The number of hydrogen-bond acceptors (Lipinski definition) is 7. The number of nitrogens with one attached hydrogen (secondary N) is 1. The normalized spacial score (nSPS) is 22.3. The van der Waals surface area contributed by atoms with Crippen molar-refractivity contribution >= 4 is 58.3 Å². The highest BCUT2D eigenvalue weighted by Gasteiger charge is 2.66. The second-order valence-electron chi connectivity index (χ2n) is 15.3. The van der Waals surface area contributed by atoms with Gasteiger partial charge in [-0.3, -0.25) is 14.4 Å². The second kappa shape index (κ2) is 16.0. The number of hydrogen-bond donors (Lipinski definition) is 2. The number of benzene rings is 4. The molecule has 3 heterocycles. The Kier molecular flexibility index (Phi) is 11.3. The molecule has 55 heavy (non-hydrogen) atoms. The average molecular weight is 826 g/mol. The van der Waals surface area contributed by atoms with E-state index < -0.39 is 19.8 Å². The highest BCUT2D eigenvalue weighted by Crippen LogP contribution is 2.60. The van der Waals surface area contributed by atoms with Crippen LogP contribution in [-0.2, 0) is 37.8 Å². The third-order valence-electron chi connectivity index (χ3n) is 11.8. The molecule has 0 bridgehead atoms. The van der Waals surface area contributed by atoms with E-state index in [0.717, 1.165) is 44.8 Å². The standard InChI is InChI=1S/C43H49BrN4O6Si/c1-29-41(55(3,4)35-17-15-34(53-2)16-18-35)38(25-39(50)46(22-23-49)27-30-8-6-5-7-9-30)54-43(29)36-24-32(44)12-19-37(36)48(42(43)52)28-31-10-13-33(14-11-31)47-21-20-45-26-40(47)51/h5-19,24,29,38,41,45,49H,20-23,25-28H2,1-4H3/t29-,38+,41-,43+/m1/s1. The summed E-state index contributed by atoms with van der Waals surface area (Å²) in [4.78, 5) is 47.5. The minimum atomic E-state index is -2.50. The molecule has 1 spiro atoms. The van der Waals surface area contributed by atoms with Crippen molar-refractivity contribution in [3.05, 3.63) is 118 Å². The number of fused-ring (bicyclic) bond motifs is 2. The van der Waals surface area contributed by atoms with E-state index >= 15 is 4.79 Å². The zero-order valence-electron chi connectivity index (χ0n) is 31.8. The topological polar surface area (TPSA) is 112 Å². The summed E-state index contributed by atoms with van der Waals surface area (Å²) >= 11 is 3.69. The molecule has 0 saturated carbocycles. The van der Waals surface area contributed by atoms with Crippen LogP contribution < -0.4 is 25.0 Å². The van der Waals surface area contributed by atoms with E-state index in [0.29, 0.717) is 26.2 Å². The van der Waals surface area contributed by atoms with Gasteiger partial charge in [0.25, 0.3) is 5.91 Å². The van der Waals surface area contributed by atoms with Gasteiger partial charge in [-0.25, -0.2) is 0 Å². The molecular formula is C43H49BrN4O6Si. The lowest BCUT2D eigenvalue weighted by Crippen LogP contribution is -2.52. The van der Waals surface area contributed by atoms with Crippen LogP contribution in [0.25, 0.3) is 0 Å². The number of methoxy groups -OCH3 is 1. The number of nitrogens with zero attached hydrogens (tertiary/aromatic N) is 3. The van der Waals surface area contributed by atoms with E-state index in [1.807, 2.05) is 89.8 Å². The molecule has 2 saturated heterocycles. The van der Waals surface area contributed by atoms with E-state index in [9.17, 15) is 14.7 Å². The Morgan fingerprint density at radius 2 is 1.75 bits per heavy atom. The quantitative estimate of drug-likeness (QED) is 0.180. The number of rotatable bonds is 12. The summed E-state index contributed by atoms with van der Waals surface area (Å²) in [7, 11) is -0.854. The number of aliphatic hydroxyl groups excluding tert-OH is 1. The van der Waals surface area contributed by atoms with Crippen LogP contribution in [0.1, 0.15) is 30.0 Å². The van der Waals surface area contributed by atoms with Gasteiger partial charge in [-0.15, -0.1) is 0 Å². The summed E-state index contributed by atoms with van der Waals surface area (Å²) in [6.07, 6.45) is -0.506. The molecule has 3 aliphatic rings. The predicted octanol–water partition coefficient (Wildman–Crippen LogP) is 5.57. The summed E-state index contributed by atoms with van der Waals surface area (Å²) in [6.45, 7) is 9.08. The smallest absolute Gasteiger partial charge is 0.264 e. The first-order valence-electron chi connectivity index (χ1n) is 18.9. The van der Waals surface area contributed by atoms with Crippen molar-refractivity contribution in [3.8, 4) is 5.75 Å². The Morgan fingerprint density at radius 3 is 2.42 bits per heavy atom. The van der Waals surface area contributed by atoms with Crippen LogP contribution in [0, 0.1) is 5.92 Å². The molecule has 12 heteroatoms. The molecule has 7 rings (SSSR count). The van der Waals surface area contributed by atoms with Crippen molar-refractivity contribution in [2.75, 3.05) is 49.7 Å². The number of aliphatic hydroxyl groups is 1. The summed E-state index contributed by atoms with van der Waals surface area (Å²) in [5.74, 6) is 0.231. The molecule has 0 unspecified atom stereocenters. The fraction of sp³-hybridized carbons (Fsp3) is 0.372. The Hall–Kier alpha value is -4.33. The number of carbonyl (C=O) groups is 3. The zero-order valence-corrected chi connectivity index (χ0v) is 34.4. The molecule has 2 N–H and O–H groups in total. The van der Waals surface area contributed by atoms with Crippen molar-refractivity contribution < 1.29 is 29.0 Å². The first-order valence-corrected chi connectivity index (χ1v) is 22.8. The second-order valence-corrected chi connectivity index (χ2v) is 20.9. The summed E-state index contributed by atoms with van der Waals surface area (Å²) in [5.41, 5.74) is 2.83. The molecule has 4 aromatic carbocycles. The van der Waals surface area contributed by atoms with Gasteiger partial charge in [-0.2, -0.15) is 0 Å². The summed E-state index contributed by atoms with van der Waals surface area (Å²) < 4.78 is 13.6. The van der Waals surface area contributed by atoms with Crippen LogP contribution in [0.5, 0.6) is 5.75 Å².